The number of thiazole rings is 1. The highest BCUT2D eigenvalue weighted by Gasteiger charge is 2.16. The van der Waals surface area contributed by atoms with Crippen molar-refractivity contribution in [1.82, 2.24) is 4.98 Å². The zero-order chi connectivity index (χ0) is 24.6. The minimum atomic E-state index is -0.105. The van der Waals surface area contributed by atoms with Crippen molar-refractivity contribution in [2.75, 3.05) is 25.0 Å². The molecule has 1 aromatic heterocycles. The molecule has 0 fully saturated rings. The van der Waals surface area contributed by atoms with Crippen molar-refractivity contribution in [3.05, 3.63) is 89.5 Å². The predicted octanol–water partition coefficient (Wildman–Crippen LogP) is 5.76. The predicted molar refractivity (Wildman–Crippen MR) is 142 cm³/mol. The van der Waals surface area contributed by atoms with Gasteiger partial charge in [0.2, 0.25) is 11.0 Å². The van der Waals surface area contributed by atoms with Crippen molar-refractivity contribution in [2.24, 2.45) is 5.10 Å². The molecule has 0 saturated carbocycles. The largest absolute Gasteiger partial charge is 0.497 e. The topological polar surface area (TPSA) is 84.8 Å². The van der Waals surface area contributed by atoms with E-state index in [-0.39, 0.29) is 12.3 Å². The Kier molecular flexibility index (Phi) is 7.74. The zero-order valence-corrected chi connectivity index (χ0v) is 20.6. The molecule has 0 saturated heterocycles. The number of carbonyl (C=O) groups is 1. The normalized spacial score (nSPS) is 10.8. The number of ether oxygens (including phenoxy) is 2. The monoisotopic (exact) mass is 486 g/mol. The van der Waals surface area contributed by atoms with Crippen LogP contribution in [0.3, 0.4) is 0 Å². The van der Waals surface area contributed by atoms with Gasteiger partial charge >= 0.3 is 0 Å². The number of aromatic nitrogens is 1. The van der Waals surface area contributed by atoms with Gasteiger partial charge in [-0.1, -0.05) is 71.5 Å². The second kappa shape index (κ2) is 11.3. The Bertz CT molecular complexity index is 1320. The van der Waals surface area contributed by atoms with Gasteiger partial charge in [-0.3, -0.25) is 10.2 Å². The fourth-order valence-corrected chi connectivity index (χ4v) is 4.25. The number of anilines is 2. The van der Waals surface area contributed by atoms with E-state index in [0.29, 0.717) is 27.3 Å². The van der Waals surface area contributed by atoms with Crippen LogP contribution in [0.25, 0.3) is 11.3 Å². The fraction of sp³-hybridized carbons (Fsp3) is 0.148. The number of nitrogens with zero attached hydrogens (tertiary/aromatic N) is 2. The third-order valence-electron chi connectivity index (χ3n) is 5.22. The Morgan fingerprint density at radius 1 is 1.03 bits per heavy atom. The van der Waals surface area contributed by atoms with E-state index in [1.807, 2.05) is 73.7 Å². The lowest BCUT2D eigenvalue weighted by atomic mass is 10.1. The van der Waals surface area contributed by atoms with Crippen molar-refractivity contribution < 1.29 is 14.3 Å². The molecule has 35 heavy (non-hydrogen) atoms. The number of hydrogen-bond donors (Lipinski definition) is 2. The summed E-state index contributed by atoms with van der Waals surface area (Å²) in [7, 11) is 3.20. The maximum absolute atomic E-state index is 12.7. The fourth-order valence-electron chi connectivity index (χ4n) is 3.39. The summed E-state index contributed by atoms with van der Waals surface area (Å²) in [4.78, 5) is 17.4. The molecule has 2 N–H and O–H groups in total. The zero-order valence-electron chi connectivity index (χ0n) is 19.7. The summed E-state index contributed by atoms with van der Waals surface area (Å²) >= 11 is 1.33. The molecular weight excluding hydrogens is 460 g/mol. The molecule has 4 rings (SSSR count). The van der Waals surface area contributed by atoms with Crippen LogP contribution < -0.4 is 20.2 Å². The Morgan fingerprint density at radius 2 is 1.80 bits per heavy atom. The van der Waals surface area contributed by atoms with E-state index in [9.17, 15) is 4.79 Å². The van der Waals surface area contributed by atoms with Crippen LogP contribution in [-0.4, -0.2) is 31.3 Å². The van der Waals surface area contributed by atoms with Gasteiger partial charge in [-0.15, -0.1) is 0 Å². The average Bonchev–Trinajstić information content (AvgIpc) is 3.27. The van der Waals surface area contributed by atoms with Gasteiger partial charge in [0.1, 0.15) is 22.2 Å². The van der Waals surface area contributed by atoms with Crippen LogP contribution in [0.15, 0.2) is 77.9 Å². The van der Waals surface area contributed by atoms with Crippen molar-refractivity contribution in [1.29, 1.82) is 0 Å². The quantitative estimate of drug-likeness (QED) is 0.232. The van der Waals surface area contributed by atoms with Crippen LogP contribution in [0.4, 0.5) is 10.1 Å². The number of benzene rings is 3. The molecule has 4 aromatic rings. The Morgan fingerprint density at radius 3 is 2.51 bits per heavy atom. The van der Waals surface area contributed by atoms with E-state index < -0.39 is 0 Å². The number of hydrogen-bond acceptors (Lipinski definition) is 7. The van der Waals surface area contributed by atoms with Gasteiger partial charge in [-0.05, 0) is 24.6 Å². The van der Waals surface area contributed by atoms with Crippen molar-refractivity contribution >= 4 is 33.6 Å². The minimum Gasteiger partial charge on any atom is -0.497 e. The molecule has 0 unspecified atom stereocenters. The van der Waals surface area contributed by atoms with Gasteiger partial charge in [0, 0.05) is 17.2 Å². The molecule has 7 nitrogen and oxygen atoms in total. The second-order valence-electron chi connectivity index (χ2n) is 7.75. The molecule has 1 heterocycles. The summed E-state index contributed by atoms with van der Waals surface area (Å²) in [6.45, 7) is 2.03. The summed E-state index contributed by atoms with van der Waals surface area (Å²) in [5.41, 5.74) is 7.46. The molecular formula is C27H26N4O3S. The molecule has 8 heteroatoms. The van der Waals surface area contributed by atoms with Crippen LogP contribution in [0.1, 0.15) is 16.7 Å². The van der Waals surface area contributed by atoms with E-state index in [1.54, 1.807) is 26.5 Å². The second-order valence-corrected chi connectivity index (χ2v) is 8.75. The molecule has 0 spiro atoms. The summed E-state index contributed by atoms with van der Waals surface area (Å²) in [5.74, 6) is 1.24. The Labute approximate surface area is 208 Å². The number of rotatable bonds is 9. The van der Waals surface area contributed by atoms with E-state index >= 15 is 0 Å². The third kappa shape index (κ3) is 6.24. The first-order valence-electron chi connectivity index (χ1n) is 11.0. The maximum Gasteiger partial charge on any atom is 0.229 e. The molecule has 0 aliphatic heterocycles. The molecule has 0 atom stereocenters. The number of aryl methyl sites for hydroxylation is 1. The van der Waals surface area contributed by atoms with Crippen LogP contribution >= 0.6 is 11.3 Å². The molecule has 3 aromatic carbocycles. The van der Waals surface area contributed by atoms with Crippen LogP contribution in [0.2, 0.25) is 0 Å². The standard InChI is InChI=1S/C27H26N4O3S/c1-18-9-11-20(12-10-18)25-26(29-24(32)15-19-7-5-4-6-8-19)35-27(30-25)31-28-17-21-13-14-22(33-2)16-23(21)34-3/h4-14,16-17H,15H2,1-3H3,(H,29,32)(H,30,31). The number of amides is 1. The lowest BCUT2D eigenvalue weighted by Gasteiger charge is -2.06. The molecule has 1 amide bonds. The van der Waals surface area contributed by atoms with Crippen molar-refractivity contribution in [3.63, 3.8) is 0 Å². The average molecular weight is 487 g/mol. The number of methoxy groups -OCH3 is 2. The molecule has 0 aliphatic carbocycles. The first-order valence-corrected chi connectivity index (χ1v) is 11.8. The van der Waals surface area contributed by atoms with Crippen LogP contribution in [-0.2, 0) is 11.2 Å². The minimum absolute atomic E-state index is 0.105. The van der Waals surface area contributed by atoms with E-state index in [1.165, 1.54) is 11.3 Å². The number of hydrazone groups is 1. The Balaban J connectivity index is 1.55. The van der Waals surface area contributed by atoms with Crippen molar-refractivity contribution in [2.45, 2.75) is 13.3 Å². The lowest BCUT2D eigenvalue weighted by molar-refractivity contribution is -0.115. The van der Waals surface area contributed by atoms with Gasteiger partial charge in [0.25, 0.3) is 0 Å². The first kappa shape index (κ1) is 24.0. The highest BCUT2D eigenvalue weighted by Crippen LogP contribution is 2.36. The SMILES string of the molecule is COc1ccc(C=NNc2nc(-c3ccc(C)cc3)c(NC(=O)Cc3ccccc3)s2)c(OC)c1. The van der Waals surface area contributed by atoms with E-state index in [0.717, 1.165) is 22.3 Å². The molecule has 178 valence electrons. The maximum atomic E-state index is 12.7. The van der Waals surface area contributed by atoms with Crippen molar-refractivity contribution in [3.8, 4) is 22.8 Å². The van der Waals surface area contributed by atoms with Crippen LogP contribution in [0.5, 0.6) is 11.5 Å². The Hall–Kier alpha value is -4.17. The van der Waals surface area contributed by atoms with Crippen LogP contribution in [0, 0.1) is 6.92 Å². The molecule has 0 radical (unpaired) electrons. The lowest BCUT2D eigenvalue weighted by Crippen LogP contribution is -2.14. The first-order chi connectivity index (χ1) is 17.1. The summed E-state index contributed by atoms with van der Waals surface area (Å²) in [6.07, 6.45) is 1.93. The van der Waals surface area contributed by atoms with E-state index in [2.05, 4.69) is 15.8 Å². The van der Waals surface area contributed by atoms with E-state index in [4.69, 9.17) is 14.5 Å². The van der Waals surface area contributed by atoms with Gasteiger partial charge in [-0.25, -0.2) is 4.98 Å². The summed E-state index contributed by atoms with van der Waals surface area (Å²) in [5, 5.41) is 8.56. The van der Waals surface area contributed by atoms with Gasteiger partial charge in [-0.2, -0.15) is 5.10 Å². The van der Waals surface area contributed by atoms with Gasteiger partial charge in [0.05, 0.1) is 26.9 Å². The van der Waals surface area contributed by atoms with Gasteiger partial charge < -0.3 is 14.8 Å². The summed E-state index contributed by atoms with van der Waals surface area (Å²) in [6, 6.07) is 23.2. The smallest absolute Gasteiger partial charge is 0.229 e. The highest BCUT2D eigenvalue weighted by atomic mass is 32.1. The van der Waals surface area contributed by atoms with Gasteiger partial charge in [0.15, 0.2) is 0 Å². The summed E-state index contributed by atoms with van der Waals surface area (Å²) < 4.78 is 10.7. The number of carbonyl (C=O) groups excluding carboxylic acids is 1. The third-order valence-corrected chi connectivity index (χ3v) is 6.09. The highest BCUT2D eigenvalue weighted by molar-refractivity contribution is 7.20. The molecule has 0 aliphatic rings. The number of nitrogens with one attached hydrogen (secondary N) is 2. The molecule has 0 bridgehead atoms.